The number of nitrogens with zero attached hydrogens (tertiary/aromatic N) is 3. The smallest absolute Gasteiger partial charge is 0.159 e. The molecule has 0 radical (unpaired) electrons. The summed E-state index contributed by atoms with van der Waals surface area (Å²) >= 11 is 0. The third-order valence-electron chi connectivity index (χ3n) is 10.9. The van der Waals surface area contributed by atoms with Gasteiger partial charge in [-0.2, -0.15) is 0 Å². The summed E-state index contributed by atoms with van der Waals surface area (Å²) in [7, 11) is 0. The van der Waals surface area contributed by atoms with Crippen LogP contribution in [0.5, 0.6) is 0 Å². The first-order valence-corrected chi connectivity index (χ1v) is 18.9. The fourth-order valence-electron chi connectivity index (χ4n) is 8.24. The predicted molar refractivity (Wildman–Crippen MR) is 231 cm³/mol. The van der Waals surface area contributed by atoms with Gasteiger partial charge in [0.25, 0.3) is 0 Å². The molecule has 1 atom stereocenters. The molecule has 0 amide bonds. The van der Waals surface area contributed by atoms with Crippen molar-refractivity contribution in [3.63, 3.8) is 0 Å². The van der Waals surface area contributed by atoms with Crippen molar-refractivity contribution in [1.82, 2.24) is 9.88 Å². The maximum atomic E-state index is 6.34. The molecular formula is C51H34N4O. The highest BCUT2D eigenvalue weighted by atomic mass is 16.3. The van der Waals surface area contributed by atoms with Crippen LogP contribution in [0.1, 0.15) is 22.9 Å². The van der Waals surface area contributed by atoms with Crippen molar-refractivity contribution in [2.24, 2.45) is 9.98 Å². The summed E-state index contributed by atoms with van der Waals surface area (Å²) in [6.07, 6.45) is -0.469. The number of furan rings is 1. The quantitative estimate of drug-likeness (QED) is 0.186. The molecule has 8 aromatic carbocycles. The van der Waals surface area contributed by atoms with Gasteiger partial charge in [-0.3, -0.25) is 0 Å². The fraction of sp³-hybridized carbons (Fsp3) is 0.0196. The second-order valence-corrected chi connectivity index (χ2v) is 14.2. The summed E-state index contributed by atoms with van der Waals surface area (Å²) < 4.78 is 8.79. The molecule has 0 saturated heterocycles. The molecule has 0 bridgehead atoms. The third-order valence-corrected chi connectivity index (χ3v) is 10.9. The van der Waals surface area contributed by atoms with E-state index in [2.05, 4.69) is 168 Å². The van der Waals surface area contributed by atoms with E-state index in [0.717, 1.165) is 72.3 Å². The van der Waals surface area contributed by atoms with Gasteiger partial charge in [-0.05, 0) is 47.0 Å². The van der Waals surface area contributed by atoms with Gasteiger partial charge in [0.2, 0.25) is 0 Å². The summed E-state index contributed by atoms with van der Waals surface area (Å²) in [5, 5.41) is 8.37. The first-order valence-electron chi connectivity index (χ1n) is 18.9. The molecule has 1 N–H and O–H groups in total. The average molecular weight is 719 g/mol. The standard InChI is InChI=1S/C51H34N4O/c1-4-15-33(16-5-1)36-27-30-43(45(31-36)55-44-25-12-10-21-39(44)42-24-14-23-38(48(42)55)34-17-6-2-7-18-34)51-53-49(35-19-8-3-9-20-35)52-50(54-51)37-28-29-41-40-22-11-13-26-46(40)56-47(41)32-37/h1-32,51H,(H,52,53,54). The Morgan fingerprint density at radius 3 is 1.91 bits per heavy atom. The normalized spacial score (nSPS) is 14.2. The molecule has 2 aromatic heterocycles. The third kappa shape index (κ3) is 5.32. The van der Waals surface area contributed by atoms with Crippen LogP contribution < -0.4 is 5.32 Å². The molecule has 1 aliphatic heterocycles. The molecular weight excluding hydrogens is 685 g/mol. The zero-order valence-electron chi connectivity index (χ0n) is 30.3. The predicted octanol–water partition coefficient (Wildman–Crippen LogP) is 12.5. The average Bonchev–Trinajstić information content (AvgIpc) is 3.82. The Kier molecular flexibility index (Phi) is 7.49. The topological polar surface area (TPSA) is 54.8 Å². The molecule has 5 nitrogen and oxygen atoms in total. The molecule has 0 fully saturated rings. The van der Waals surface area contributed by atoms with Gasteiger partial charge in [0.1, 0.15) is 23.2 Å². The van der Waals surface area contributed by atoms with E-state index < -0.39 is 6.17 Å². The van der Waals surface area contributed by atoms with Crippen LogP contribution in [0.4, 0.5) is 0 Å². The van der Waals surface area contributed by atoms with Crippen LogP contribution in [-0.4, -0.2) is 16.2 Å². The lowest BCUT2D eigenvalue weighted by molar-refractivity contribution is 0.665. The van der Waals surface area contributed by atoms with Crippen molar-refractivity contribution in [3.05, 3.63) is 211 Å². The Hall–Kier alpha value is -7.50. The molecule has 3 heterocycles. The minimum absolute atomic E-state index is 0.469. The summed E-state index contributed by atoms with van der Waals surface area (Å²) in [4.78, 5) is 10.6. The minimum atomic E-state index is -0.469. The van der Waals surface area contributed by atoms with Gasteiger partial charge >= 0.3 is 0 Å². The Labute approximate surface area is 323 Å². The number of aromatic nitrogens is 1. The molecule has 11 rings (SSSR count). The number of hydrogen-bond acceptors (Lipinski definition) is 4. The number of nitrogens with one attached hydrogen (secondary N) is 1. The van der Waals surface area contributed by atoms with Crippen LogP contribution in [-0.2, 0) is 0 Å². The van der Waals surface area contributed by atoms with Gasteiger partial charge in [0.15, 0.2) is 5.84 Å². The van der Waals surface area contributed by atoms with Gasteiger partial charge < -0.3 is 14.3 Å². The van der Waals surface area contributed by atoms with Crippen molar-refractivity contribution >= 4 is 55.4 Å². The van der Waals surface area contributed by atoms with Gasteiger partial charge in [0, 0.05) is 43.8 Å². The highest BCUT2D eigenvalue weighted by Crippen LogP contribution is 2.41. The van der Waals surface area contributed by atoms with E-state index in [-0.39, 0.29) is 0 Å². The molecule has 264 valence electrons. The second kappa shape index (κ2) is 13.1. The summed E-state index contributed by atoms with van der Waals surface area (Å²) in [6.45, 7) is 0. The van der Waals surface area contributed by atoms with Crippen molar-refractivity contribution in [2.75, 3.05) is 0 Å². The van der Waals surface area contributed by atoms with Gasteiger partial charge in [-0.1, -0.05) is 164 Å². The number of amidine groups is 2. The van der Waals surface area contributed by atoms with Crippen LogP contribution in [0.15, 0.2) is 209 Å². The largest absolute Gasteiger partial charge is 0.456 e. The molecule has 10 aromatic rings. The van der Waals surface area contributed by atoms with E-state index in [4.69, 9.17) is 14.4 Å². The maximum absolute atomic E-state index is 6.34. The van der Waals surface area contributed by atoms with E-state index in [1.54, 1.807) is 0 Å². The summed E-state index contributed by atoms with van der Waals surface area (Å²) in [6, 6.07) is 68.2. The van der Waals surface area contributed by atoms with Gasteiger partial charge in [-0.15, -0.1) is 0 Å². The molecule has 5 heteroatoms. The Balaban J connectivity index is 1.16. The SMILES string of the molecule is c1ccc(C2=NC(c3ccc(-c4ccccc4)cc3-n3c4ccccc4c4cccc(-c5ccccc5)c43)NC(c3ccc4c(c3)oc3ccccc34)=N2)cc1. The monoisotopic (exact) mass is 718 g/mol. The number of benzene rings is 8. The molecule has 1 aliphatic rings. The van der Waals surface area contributed by atoms with Crippen LogP contribution in [0.25, 0.3) is 71.7 Å². The number of aliphatic imine (C=N–C) groups is 2. The first kappa shape index (κ1) is 32.0. The van der Waals surface area contributed by atoms with Gasteiger partial charge in [-0.25, -0.2) is 9.98 Å². The maximum Gasteiger partial charge on any atom is 0.159 e. The zero-order chi connectivity index (χ0) is 37.0. The van der Waals surface area contributed by atoms with Crippen molar-refractivity contribution < 1.29 is 4.42 Å². The Morgan fingerprint density at radius 1 is 0.464 bits per heavy atom. The van der Waals surface area contributed by atoms with E-state index in [9.17, 15) is 0 Å². The molecule has 0 aliphatic carbocycles. The number of rotatable bonds is 6. The van der Waals surface area contributed by atoms with E-state index >= 15 is 0 Å². The Bertz CT molecular complexity index is 3160. The van der Waals surface area contributed by atoms with Crippen LogP contribution in [0, 0.1) is 0 Å². The minimum Gasteiger partial charge on any atom is -0.456 e. The lowest BCUT2D eigenvalue weighted by atomic mass is 9.99. The van der Waals surface area contributed by atoms with Crippen molar-refractivity contribution in [2.45, 2.75) is 6.17 Å². The van der Waals surface area contributed by atoms with Crippen LogP contribution >= 0.6 is 0 Å². The van der Waals surface area contributed by atoms with Crippen LogP contribution in [0.3, 0.4) is 0 Å². The van der Waals surface area contributed by atoms with Crippen molar-refractivity contribution in [3.8, 4) is 27.9 Å². The lowest BCUT2D eigenvalue weighted by Gasteiger charge is -2.26. The molecule has 1 unspecified atom stereocenters. The molecule has 0 saturated carbocycles. The van der Waals surface area contributed by atoms with Crippen LogP contribution in [0.2, 0.25) is 0 Å². The first-order chi connectivity index (χ1) is 27.8. The summed E-state index contributed by atoms with van der Waals surface area (Å²) in [5.74, 6) is 1.40. The second-order valence-electron chi connectivity index (χ2n) is 14.2. The fourth-order valence-corrected chi connectivity index (χ4v) is 8.24. The van der Waals surface area contributed by atoms with E-state index in [1.807, 2.05) is 36.4 Å². The molecule has 0 spiro atoms. The van der Waals surface area contributed by atoms with E-state index in [1.165, 1.54) is 21.9 Å². The lowest BCUT2D eigenvalue weighted by Crippen LogP contribution is -2.34. The number of para-hydroxylation sites is 3. The highest BCUT2D eigenvalue weighted by Gasteiger charge is 2.27. The zero-order valence-corrected chi connectivity index (χ0v) is 30.3. The number of fused-ring (bicyclic) bond motifs is 6. The number of hydrogen-bond donors (Lipinski definition) is 1. The van der Waals surface area contributed by atoms with E-state index in [0.29, 0.717) is 5.84 Å². The summed E-state index contributed by atoms with van der Waals surface area (Å²) in [5.41, 5.74) is 12.5. The molecule has 56 heavy (non-hydrogen) atoms. The van der Waals surface area contributed by atoms with Gasteiger partial charge in [0.05, 0.1) is 16.7 Å². The highest BCUT2D eigenvalue weighted by molar-refractivity contribution is 6.16. The van der Waals surface area contributed by atoms with Crippen molar-refractivity contribution in [1.29, 1.82) is 0 Å². The Morgan fingerprint density at radius 2 is 1.11 bits per heavy atom.